The standard InChI is InChI=1S/C14H28N2O2/c1-4-13(5-2)16-14(17)11(3)18-10-12-7-6-8-15-9-12/h11-13,15H,4-10H2,1-3H3,(H,16,17). The first kappa shape index (κ1) is 15.4. The van der Waals surface area contributed by atoms with E-state index < -0.39 is 0 Å². The average molecular weight is 256 g/mol. The Kier molecular flexibility index (Phi) is 7.28. The van der Waals surface area contributed by atoms with Gasteiger partial charge in [-0.25, -0.2) is 0 Å². The topological polar surface area (TPSA) is 50.4 Å². The van der Waals surface area contributed by atoms with Crippen LogP contribution in [0, 0.1) is 5.92 Å². The lowest BCUT2D eigenvalue weighted by atomic mass is 10.0. The normalized spacial score (nSPS) is 21.9. The molecule has 2 unspecified atom stereocenters. The smallest absolute Gasteiger partial charge is 0.249 e. The molecular weight excluding hydrogens is 228 g/mol. The van der Waals surface area contributed by atoms with Crippen molar-refractivity contribution in [1.82, 2.24) is 10.6 Å². The molecular formula is C14H28N2O2. The van der Waals surface area contributed by atoms with Gasteiger partial charge in [0.2, 0.25) is 5.91 Å². The number of ether oxygens (including phenoxy) is 1. The van der Waals surface area contributed by atoms with Gasteiger partial charge in [-0.1, -0.05) is 13.8 Å². The Balaban J connectivity index is 2.22. The second kappa shape index (κ2) is 8.48. The van der Waals surface area contributed by atoms with E-state index in [-0.39, 0.29) is 18.1 Å². The van der Waals surface area contributed by atoms with Crippen molar-refractivity contribution in [2.24, 2.45) is 5.92 Å². The predicted molar refractivity (Wildman–Crippen MR) is 73.5 cm³/mol. The highest BCUT2D eigenvalue weighted by Crippen LogP contribution is 2.11. The summed E-state index contributed by atoms with van der Waals surface area (Å²) in [6.07, 6.45) is 4.02. The van der Waals surface area contributed by atoms with Crippen LogP contribution in [0.3, 0.4) is 0 Å². The summed E-state index contributed by atoms with van der Waals surface area (Å²) in [7, 11) is 0. The SMILES string of the molecule is CCC(CC)NC(=O)C(C)OCC1CCCNC1. The first-order valence-corrected chi connectivity index (χ1v) is 7.30. The number of carbonyl (C=O) groups is 1. The van der Waals surface area contributed by atoms with Crippen molar-refractivity contribution >= 4 is 5.91 Å². The van der Waals surface area contributed by atoms with E-state index in [1.165, 1.54) is 12.8 Å². The number of amides is 1. The maximum Gasteiger partial charge on any atom is 0.249 e. The largest absolute Gasteiger partial charge is 0.368 e. The summed E-state index contributed by atoms with van der Waals surface area (Å²) < 4.78 is 5.68. The van der Waals surface area contributed by atoms with Crippen LogP contribution in [0.4, 0.5) is 0 Å². The number of carbonyl (C=O) groups excluding carboxylic acids is 1. The molecule has 1 amide bonds. The number of rotatable bonds is 7. The summed E-state index contributed by atoms with van der Waals surface area (Å²) in [5.41, 5.74) is 0. The molecule has 0 aliphatic carbocycles. The summed E-state index contributed by atoms with van der Waals surface area (Å²) in [4.78, 5) is 11.9. The van der Waals surface area contributed by atoms with Crippen molar-refractivity contribution in [1.29, 1.82) is 0 Å². The number of hydrogen-bond donors (Lipinski definition) is 2. The van der Waals surface area contributed by atoms with Gasteiger partial charge in [-0.2, -0.15) is 0 Å². The summed E-state index contributed by atoms with van der Waals surface area (Å²) in [6, 6.07) is 0.278. The van der Waals surface area contributed by atoms with Crippen molar-refractivity contribution in [2.75, 3.05) is 19.7 Å². The molecule has 0 aromatic rings. The molecule has 1 rings (SSSR count). The Morgan fingerprint density at radius 1 is 1.44 bits per heavy atom. The van der Waals surface area contributed by atoms with Crippen LogP contribution in [-0.4, -0.2) is 37.7 Å². The van der Waals surface area contributed by atoms with Crippen molar-refractivity contribution in [3.63, 3.8) is 0 Å². The molecule has 4 nitrogen and oxygen atoms in total. The van der Waals surface area contributed by atoms with Crippen LogP contribution < -0.4 is 10.6 Å². The Morgan fingerprint density at radius 2 is 2.17 bits per heavy atom. The van der Waals surface area contributed by atoms with E-state index in [9.17, 15) is 4.79 Å². The van der Waals surface area contributed by atoms with Gasteiger partial charge in [-0.05, 0) is 45.1 Å². The molecule has 0 radical (unpaired) electrons. The molecule has 0 aromatic heterocycles. The van der Waals surface area contributed by atoms with Crippen LogP contribution in [0.25, 0.3) is 0 Å². The van der Waals surface area contributed by atoms with Crippen LogP contribution in [0.2, 0.25) is 0 Å². The van der Waals surface area contributed by atoms with E-state index in [1.54, 1.807) is 0 Å². The fourth-order valence-electron chi connectivity index (χ4n) is 2.23. The highest BCUT2D eigenvalue weighted by Gasteiger charge is 2.19. The van der Waals surface area contributed by atoms with Crippen LogP contribution in [0.1, 0.15) is 46.5 Å². The molecule has 0 bridgehead atoms. The Bertz CT molecular complexity index is 236. The lowest BCUT2D eigenvalue weighted by Gasteiger charge is -2.24. The van der Waals surface area contributed by atoms with Crippen LogP contribution >= 0.6 is 0 Å². The number of hydrogen-bond acceptors (Lipinski definition) is 3. The van der Waals surface area contributed by atoms with Crippen molar-refractivity contribution in [3.8, 4) is 0 Å². The lowest BCUT2D eigenvalue weighted by Crippen LogP contribution is -2.42. The molecule has 0 aromatic carbocycles. The zero-order valence-corrected chi connectivity index (χ0v) is 12.0. The van der Waals surface area contributed by atoms with Crippen LogP contribution in [-0.2, 0) is 9.53 Å². The summed E-state index contributed by atoms with van der Waals surface area (Å²) in [6.45, 7) is 8.84. The van der Waals surface area contributed by atoms with Gasteiger partial charge in [0.15, 0.2) is 0 Å². The maximum atomic E-state index is 11.9. The molecule has 1 aliphatic rings. The van der Waals surface area contributed by atoms with Gasteiger partial charge in [0, 0.05) is 12.6 Å². The summed E-state index contributed by atoms with van der Waals surface area (Å²) >= 11 is 0. The highest BCUT2D eigenvalue weighted by atomic mass is 16.5. The van der Waals surface area contributed by atoms with Crippen molar-refractivity contribution < 1.29 is 9.53 Å². The van der Waals surface area contributed by atoms with Gasteiger partial charge in [0.1, 0.15) is 6.10 Å². The van der Waals surface area contributed by atoms with Crippen LogP contribution in [0.5, 0.6) is 0 Å². The quantitative estimate of drug-likeness (QED) is 0.729. The lowest BCUT2D eigenvalue weighted by molar-refractivity contribution is -0.133. The fourth-order valence-corrected chi connectivity index (χ4v) is 2.23. The summed E-state index contributed by atoms with van der Waals surface area (Å²) in [5.74, 6) is 0.578. The molecule has 106 valence electrons. The molecule has 4 heteroatoms. The van der Waals surface area contributed by atoms with Crippen molar-refractivity contribution in [2.45, 2.75) is 58.6 Å². The molecule has 2 N–H and O–H groups in total. The summed E-state index contributed by atoms with van der Waals surface area (Å²) in [5, 5.41) is 6.38. The van der Waals surface area contributed by atoms with Gasteiger partial charge >= 0.3 is 0 Å². The molecule has 1 heterocycles. The van der Waals surface area contributed by atoms with Gasteiger partial charge < -0.3 is 15.4 Å². The van der Waals surface area contributed by atoms with Crippen LogP contribution in [0.15, 0.2) is 0 Å². The number of nitrogens with one attached hydrogen (secondary N) is 2. The zero-order valence-electron chi connectivity index (χ0n) is 12.0. The third-order valence-corrected chi connectivity index (χ3v) is 3.68. The second-order valence-electron chi connectivity index (χ2n) is 5.21. The number of piperidine rings is 1. The van der Waals surface area contributed by atoms with Gasteiger partial charge in [0.05, 0.1) is 6.61 Å². The van der Waals surface area contributed by atoms with E-state index >= 15 is 0 Å². The Labute approximate surface area is 111 Å². The average Bonchev–Trinajstić information content (AvgIpc) is 2.42. The first-order chi connectivity index (χ1) is 8.67. The first-order valence-electron chi connectivity index (χ1n) is 7.30. The molecule has 18 heavy (non-hydrogen) atoms. The van der Waals surface area contributed by atoms with Gasteiger partial charge in [-0.3, -0.25) is 4.79 Å². The third-order valence-electron chi connectivity index (χ3n) is 3.68. The maximum absolute atomic E-state index is 11.9. The molecule has 1 aliphatic heterocycles. The van der Waals surface area contributed by atoms with E-state index in [0.29, 0.717) is 12.5 Å². The Hall–Kier alpha value is -0.610. The molecule has 0 spiro atoms. The monoisotopic (exact) mass is 256 g/mol. The molecule has 1 fully saturated rings. The molecule has 2 atom stereocenters. The van der Waals surface area contributed by atoms with Crippen molar-refractivity contribution in [3.05, 3.63) is 0 Å². The van der Waals surface area contributed by atoms with E-state index in [2.05, 4.69) is 24.5 Å². The minimum atomic E-state index is -0.340. The highest BCUT2D eigenvalue weighted by molar-refractivity contribution is 5.80. The van der Waals surface area contributed by atoms with Gasteiger partial charge in [0.25, 0.3) is 0 Å². The van der Waals surface area contributed by atoms with Gasteiger partial charge in [-0.15, -0.1) is 0 Å². The molecule has 0 saturated carbocycles. The van der Waals surface area contributed by atoms with E-state index in [1.807, 2.05) is 6.92 Å². The second-order valence-corrected chi connectivity index (χ2v) is 5.21. The minimum Gasteiger partial charge on any atom is -0.368 e. The minimum absolute atomic E-state index is 0.0208. The predicted octanol–water partition coefficient (Wildman–Crippen LogP) is 1.70. The van der Waals surface area contributed by atoms with E-state index in [4.69, 9.17) is 4.74 Å². The molecule has 1 saturated heterocycles. The van der Waals surface area contributed by atoms with E-state index in [0.717, 1.165) is 25.9 Å². The third kappa shape index (κ3) is 5.36. The zero-order chi connectivity index (χ0) is 13.4. The fraction of sp³-hybridized carbons (Fsp3) is 0.929. The Morgan fingerprint density at radius 3 is 2.72 bits per heavy atom.